The molecule has 0 saturated carbocycles. The summed E-state index contributed by atoms with van der Waals surface area (Å²) in [6, 6.07) is 0. The average molecular weight is 272 g/mol. The maximum Gasteiger partial charge on any atom is 0.222 e. The zero-order valence-electron chi connectivity index (χ0n) is 10.2. The first-order valence-electron chi connectivity index (χ1n) is 6.07. The number of nitrogens with two attached hydrogens (primary N) is 1. The molecule has 1 aromatic rings. The lowest BCUT2D eigenvalue weighted by molar-refractivity contribution is 0.0378. The molecule has 0 atom stereocenters. The van der Waals surface area contributed by atoms with Crippen LogP contribution in [-0.2, 0) is 4.74 Å². The number of hydrogen-bond donors (Lipinski definition) is 2. The summed E-state index contributed by atoms with van der Waals surface area (Å²) < 4.78 is 5.30. The molecule has 1 fully saturated rings. The number of hydrogen-bond acceptors (Lipinski definition) is 6. The Morgan fingerprint density at radius 2 is 2.22 bits per heavy atom. The summed E-state index contributed by atoms with van der Waals surface area (Å²) in [5.41, 5.74) is 5.51. The molecule has 0 spiro atoms. The fourth-order valence-corrected chi connectivity index (χ4v) is 2.00. The van der Waals surface area contributed by atoms with Crippen LogP contribution in [0.3, 0.4) is 0 Å². The van der Waals surface area contributed by atoms with Crippen LogP contribution in [0, 0.1) is 0 Å². The predicted octanol–water partition coefficient (Wildman–Crippen LogP) is 0.846. The van der Waals surface area contributed by atoms with Gasteiger partial charge in [-0.3, -0.25) is 4.90 Å². The van der Waals surface area contributed by atoms with E-state index in [9.17, 15) is 0 Å². The van der Waals surface area contributed by atoms with Crippen LogP contribution in [0.25, 0.3) is 0 Å². The molecule has 1 saturated heterocycles. The van der Waals surface area contributed by atoms with Gasteiger partial charge in [0.1, 0.15) is 10.8 Å². The van der Waals surface area contributed by atoms with E-state index < -0.39 is 0 Å². The first-order valence-corrected chi connectivity index (χ1v) is 6.45. The molecule has 3 N–H and O–H groups in total. The quantitative estimate of drug-likeness (QED) is 0.773. The molecule has 7 heteroatoms. The summed E-state index contributed by atoms with van der Waals surface area (Å²) in [6.45, 7) is 5.56. The molecule has 18 heavy (non-hydrogen) atoms. The van der Waals surface area contributed by atoms with Crippen molar-refractivity contribution in [2.45, 2.75) is 6.42 Å². The Morgan fingerprint density at radius 1 is 1.44 bits per heavy atom. The fraction of sp³-hybridized carbons (Fsp3) is 0.636. The minimum absolute atomic E-state index is 0.232. The summed E-state index contributed by atoms with van der Waals surface area (Å²) in [6.07, 6.45) is 2.54. The molecule has 0 bridgehead atoms. The molecule has 2 heterocycles. The van der Waals surface area contributed by atoms with Crippen molar-refractivity contribution in [3.05, 3.63) is 11.2 Å². The van der Waals surface area contributed by atoms with Gasteiger partial charge in [0.2, 0.25) is 5.95 Å². The molecule has 1 aromatic heterocycles. The van der Waals surface area contributed by atoms with Gasteiger partial charge in [0.25, 0.3) is 0 Å². The van der Waals surface area contributed by atoms with Crippen LogP contribution < -0.4 is 11.1 Å². The third-order valence-corrected chi connectivity index (χ3v) is 3.09. The number of aromatic nitrogens is 2. The van der Waals surface area contributed by atoms with Gasteiger partial charge >= 0.3 is 0 Å². The molecule has 1 aliphatic heterocycles. The minimum Gasteiger partial charge on any atom is -0.379 e. The second-order valence-corrected chi connectivity index (χ2v) is 4.57. The average Bonchev–Trinajstić information content (AvgIpc) is 2.40. The van der Waals surface area contributed by atoms with Crippen molar-refractivity contribution in [1.82, 2.24) is 14.9 Å². The first-order chi connectivity index (χ1) is 8.75. The Balaban J connectivity index is 1.69. The zero-order chi connectivity index (χ0) is 12.8. The Bertz CT molecular complexity index is 384. The maximum atomic E-state index is 5.95. The lowest BCUT2D eigenvalue weighted by Crippen LogP contribution is -2.37. The minimum atomic E-state index is 0.232. The second kappa shape index (κ2) is 6.72. The lowest BCUT2D eigenvalue weighted by atomic mass is 10.3. The molecular weight excluding hydrogens is 254 g/mol. The Hall–Kier alpha value is -1.11. The third kappa shape index (κ3) is 3.97. The van der Waals surface area contributed by atoms with Crippen LogP contribution in [0.15, 0.2) is 6.20 Å². The third-order valence-electron chi connectivity index (χ3n) is 2.81. The van der Waals surface area contributed by atoms with Crippen LogP contribution in [0.2, 0.25) is 5.02 Å². The Labute approximate surface area is 111 Å². The molecule has 0 amide bonds. The van der Waals surface area contributed by atoms with Gasteiger partial charge in [0.05, 0.1) is 19.4 Å². The second-order valence-electron chi connectivity index (χ2n) is 4.16. The van der Waals surface area contributed by atoms with E-state index in [0.717, 1.165) is 45.8 Å². The van der Waals surface area contributed by atoms with Gasteiger partial charge in [0.15, 0.2) is 0 Å². The molecule has 0 aromatic carbocycles. The normalized spacial score (nSPS) is 16.7. The van der Waals surface area contributed by atoms with Crippen LogP contribution in [0.4, 0.5) is 11.8 Å². The van der Waals surface area contributed by atoms with Crippen molar-refractivity contribution in [1.29, 1.82) is 0 Å². The standard InChI is InChI=1S/C11H18ClN5O/c12-9-8-15-11(13)16-10(9)14-2-1-3-17-4-6-18-7-5-17/h8H,1-7H2,(H3,13,14,15,16). The highest BCUT2D eigenvalue weighted by Gasteiger charge is 2.09. The largest absolute Gasteiger partial charge is 0.379 e. The molecule has 6 nitrogen and oxygen atoms in total. The van der Waals surface area contributed by atoms with Gasteiger partial charge in [-0.15, -0.1) is 0 Å². The van der Waals surface area contributed by atoms with Crippen LogP contribution in [0.5, 0.6) is 0 Å². The van der Waals surface area contributed by atoms with Gasteiger partial charge in [-0.05, 0) is 13.0 Å². The van der Waals surface area contributed by atoms with Crippen molar-refractivity contribution in [3.8, 4) is 0 Å². The van der Waals surface area contributed by atoms with Crippen molar-refractivity contribution in [3.63, 3.8) is 0 Å². The van der Waals surface area contributed by atoms with E-state index in [1.165, 1.54) is 6.20 Å². The number of nitrogens with zero attached hydrogens (tertiary/aromatic N) is 3. The lowest BCUT2D eigenvalue weighted by Gasteiger charge is -2.26. The highest BCUT2D eigenvalue weighted by atomic mass is 35.5. The number of anilines is 2. The molecule has 0 radical (unpaired) electrons. The maximum absolute atomic E-state index is 5.95. The fourth-order valence-electron chi connectivity index (χ4n) is 1.84. The number of morpholine rings is 1. The van der Waals surface area contributed by atoms with Crippen molar-refractivity contribution >= 4 is 23.4 Å². The van der Waals surface area contributed by atoms with Gasteiger partial charge in [0, 0.05) is 19.6 Å². The highest BCUT2D eigenvalue weighted by Crippen LogP contribution is 2.17. The SMILES string of the molecule is Nc1ncc(Cl)c(NCCCN2CCOCC2)n1. The monoisotopic (exact) mass is 271 g/mol. The van der Waals surface area contributed by atoms with Crippen molar-refractivity contribution < 1.29 is 4.74 Å². The summed E-state index contributed by atoms with van der Waals surface area (Å²) in [5.74, 6) is 0.834. The molecule has 0 unspecified atom stereocenters. The van der Waals surface area contributed by atoms with E-state index in [4.69, 9.17) is 22.1 Å². The highest BCUT2D eigenvalue weighted by molar-refractivity contribution is 6.32. The number of nitrogen functional groups attached to an aromatic ring is 1. The zero-order valence-corrected chi connectivity index (χ0v) is 11.0. The van der Waals surface area contributed by atoms with E-state index >= 15 is 0 Å². The predicted molar refractivity (Wildman–Crippen MR) is 71.8 cm³/mol. The van der Waals surface area contributed by atoms with Gasteiger partial charge in [-0.25, -0.2) is 4.98 Å². The van der Waals surface area contributed by atoms with Crippen LogP contribution in [0.1, 0.15) is 6.42 Å². The smallest absolute Gasteiger partial charge is 0.222 e. The molecule has 100 valence electrons. The Kier molecular flexibility index (Phi) is 4.98. The van der Waals surface area contributed by atoms with Crippen molar-refractivity contribution in [2.75, 3.05) is 50.4 Å². The van der Waals surface area contributed by atoms with Crippen LogP contribution >= 0.6 is 11.6 Å². The molecular formula is C11H18ClN5O. The van der Waals surface area contributed by atoms with E-state index in [0.29, 0.717) is 10.8 Å². The van der Waals surface area contributed by atoms with E-state index in [2.05, 4.69) is 20.2 Å². The molecule has 1 aliphatic rings. The van der Waals surface area contributed by atoms with E-state index in [-0.39, 0.29) is 5.95 Å². The van der Waals surface area contributed by atoms with Gasteiger partial charge in [-0.2, -0.15) is 4.98 Å². The Morgan fingerprint density at radius 3 is 3.00 bits per heavy atom. The number of rotatable bonds is 5. The van der Waals surface area contributed by atoms with E-state index in [1.807, 2.05) is 0 Å². The van der Waals surface area contributed by atoms with E-state index in [1.54, 1.807) is 0 Å². The number of nitrogens with one attached hydrogen (secondary N) is 1. The summed E-state index contributed by atoms with van der Waals surface area (Å²) in [5, 5.41) is 3.67. The number of halogens is 1. The van der Waals surface area contributed by atoms with Gasteiger partial charge < -0.3 is 15.8 Å². The molecule has 0 aliphatic carbocycles. The van der Waals surface area contributed by atoms with Crippen LogP contribution in [-0.4, -0.2) is 54.3 Å². The number of ether oxygens (including phenoxy) is 1. The summed E-state index contributed by atoms with van der Waals surface area (Å²) in [4.78, 5) is 10.3. The first kappa shape index (κ1) is 13.3. The van der Waals surface area contributed by atoms with Gasteiger partial charge in [-0.1, -0.05) is 11.6 Å². The molecule has 2 rings (SSSR count). The summed E-state index contributed by atoms with van der Waals surface area (Å²) >= 11 is 5.95. The topological polar surface area (TPSA) is 76.3 Å². The summed E-state index contributed by atoms with van der Waals surface area (Å²) in [7, 11) is 0. The van der Waals surface area contributed by atoms with Crippen molar-refractivity contribution in [2.24, 2.45) is 0 Å².